The predicted molar refractivity (Wildman–Crippen MR) is 95.6 cm³/mol. The minimum atomic E-state index is -0.644. The molecule has 0 amide bonds. The molecule has 1 aromatic carbocycles. The molecule has 5 rings (SSSR count). The molecule has 3 atom stereocenters. The van der Waals surface area contributed by atoms with Gasteiger partial charge in [0, 0.05) is 8.97 Å². The van der Waals surface area contributed by atoms with Crippen molar-refractivity contribution in [2.45, 2.75) is 24.3 Å². The lowest BCUT2D eigenvalue weighted by Crippen LogP contribution is -2.55. The van der Waals surface area contributed by atoms with Crippen LogP contribution in [0.2, 0.25) is 0 Å². The van der Waals surface area contributed by atoms with E-state index in [1.54, 1.807) is 0 Å². The molecular weight excluding hydrogens is 401 g/mol. The van der Waals surface area contributed by atoms with Gasteiger partial charge in [-0.2, -0.15) is 5.26 Å². The van der Waals surface area contributed by atoms with Crippen molar-refractivity contribution in [1.82, 2.24) is 9.88 Å². The highest BCUT2D eigenvalue weighted by Gasteiger charge is 2.56. The van der Waals surface area contributed by atoms with Crippen molar-refractivity contribution in [3.8, 4) is 6.07 Å². The van der Waals surface area contributed by atoms with Crippen molar-refractivity contribution < 1.29 is 4.79 Å². The number of benzene rings is 1. The van der Waals surface area contributed by atoms with Crippen LogP contribution in [0.4, 0.5) is 0 Å². The first-order valence-corrected chi connectivity index (χ1v) is 8.94. The Bertz CT molecular complexity index is 951. The third kappa shape index (κ3) is 1.51. The number of nitrogens with one attached hydrogen (secondary N) is 1. The quantitative estimate of drug-likeness (QED) is 0.674. The van der Waals surface area contributed by atoms with Gasteiger partial charge in [0.05, 0.1) is 29.2 Å². The number of nitriles is 1. The van der Waals surface area contributed by atoms with Crippen molar-refractivity contribution in [1.29, 1.82) is 5.26 Å². The number of para-hydroxylation sites is 1. The molecule has 0 saturated heterocycles. The van der Waals surface area contributed by atoms with Gasteiger partial charge in [0.2, 0.25) is 5.91 Å². The summed E-state index contributed by atoms with van der Waals surface area (Å²) in [5, 5.41) is 14.9. The maximum Gasteiger partial charge on any atom is 0.238 e. The number of rotatable bonds is 0. The molecule has 4 nitrogen and oxygen atoms in total. The van der Waals surface area contributed by atoms with E-state index >= 15 is 0 Å². The smallest absolute Gasteiger partial charge is 0.238 e. The molecule has 3 heterocycles. The van der Waals surface area contributed by atoms with E-state index in [9.17, 15) is 10.1 Å². The summed E-state index contributed by atoms with van der Waals surface area (Å²) in [5.41, 5.74) is 2.43. The van der Waals surface area contributed by atoms with Gasteiger partial charge in [0.1, 0.15) is 5.41 Å². The van der Waals surface area contributed by atoms with E-state index in [0.29, 0.717) is 6.42 Å². The van der Waals surface area contributed by atoms with Crippen LogP contribution in [0, 0.1) is 17.2 Å². The molecule has 2 bridgehead atoms. The van der Waals surface area contributed by atoms with Crippen LogP contribution >= 0.6 is 22.6 Å². The molecule has 114 valence electrons. The average molecular weight is 415 g/mol. The molecule has 5 heteroatoms. The minimum Gasteiger partial charge on any atom is -0.308 e. The SMILES string of the molecule is N#C[C@@]12C[C@@H]3C=C(I)[C@@H]1NCCc1c2n(c2ccccc12)C3=O. The number of halogens is 1. The summed E-state index contributed by atoms with van der Waals surface area (Å²) in [7, 11) is 0. The maximum absolute atomic E-state index is 13.1. The molecule has 2 aliphatic heterocycles. The highest BCUT2D eigenvalue weighted by Crippen LogP contribution is 2.51. The summed E-state index contributed by atoms with van der Waals surface area (Å²) in [4.78, 5) is 13.1. The number of fused-ring (bicyclic) bond motifs is 4. The largest absolute Gasteiger partial charge is 0.308 e. The Labute approximate surface area is 147 Å². The first-order chi connectivity index (χ1) is 11.2. The number of hydrogen-bond donors (Lipinski definition) is 1. The van der Waals surface area contributed by atoms with Gasteiger partial charge in [-0.15, -0.1) is 0 Å². The van der Waals surface area contributed by atoms with Gasteiger partial charge in [-0.3, -0.25) is 9.36 Å². The zero-order chi connectivity index (χ0) is 15.8. The molecule has 23 heavy (non-hydrogen) atoms. The van der Waals surface area contributed by atoms with Crippen molar-refractivity contribution in [3.63, 3.8) is 0 Å². The van der Waals surface area contributed by atoms with Crippen molar-refractivity contribution >= 4 is 39.4 Å². The van der Waals surface area contributed by atoms with Gasteiger partial charge in [-0.1, -0.05) is 24.3 Å². The standard InChI is InChI=1S/C18H14IN3O/c19-13-7-10-8-18(9-20)15(13)21-6-5-12-11-3-1-2-4-14(11)22(16(12)18)17(10)23/h1-4,7,10,15,21H,5-6,8H2/t10-,15-,18-/m0/s1. The van der Waals surface area contributed by atoms with E-state index in [4.69, 9.17) is 0 Å². The summed E-state index contributed by atoms with van der Waals surface area (Å²) in [6, 6.07) is 10.7. The summed E-state index contributed by atoms with van der Waals surface area (Å²) in [6.07, 6.45) is 3.50. The van der Waals surface area contributed by atoms with Gasteiger partial charge >= 0.3 is 0 Å². The van der Waals surface area contributed by atoms with Crippen LogP contribution in [-0.2, 0) is 11.8 Å². The lowest BCUT2D eigenvalue weighted by molar-refractivity contribution is 0.0797. The van der Waals surface area contributed by atoms with Crippen LogP contribution in [0.15, 0.2) is 33.9 Å². The lowest BCUT2D eigenvalue weighted by Gasteiger charge is -2.44. The fourth-order valence-corrected chi connectivity index (χ4v) is 5.83. The minimum absolute atomic E-state index is 0.0123. The molecule has 0 spiro atoms. The van der Waals surface area contributed by atoms with Crippen molar-refractivity contribution in [3.05, 3.63) is 45.2 Å². The molecule has 0 unspecified atom stereocenters. The zero-order valence-corrected chi connectivity index (χ0v) is 14.5. The fraction of sp³-hybridized carbons (Fsp3) is 0.333. The highest BCUT2D eigenvalue weighted by molar-refractivity contribution is 14.1. The summed E-state index contributed by atoms with van der Waals surface area (Å²) in [6.45, 7) is 0.828. The van der Waals surface area contributed by atoms with Crippen LogP contribution < -0.4 is 5.32 Å². The second kappa shape index (κ2) is 4.46. The molecule has 3 aliphatic rings. The lowest BCUT2D eigenvalue weighted by atomic mass is 9.65. The predicted octanol–water partition coefficient (Wildman–Crippen LogP) is 2.91. The Hall–Kier alpha value is -1.65. The zero-order valence-electron chi connectivity index (χ0n) is 12.3. The van der Waals surface area contributed by atoms with Crippen LogP contribution in [0.25, 0.3) is 10.9 Å². The third-order valence-electron chi connectivity index (χ3n) is 5.53. The van der Waals surface area contributed by atoms with Crippen molar-refractivity contribution in [2.24, 2.45) is 5.92 Å². The van der Waals surface area contributed by atoms with E-state index in [1.165, 1.54) is 5.56 Å². The monoisotopic (exact) mass is 415 g/mol. The molecule has 1 aliphatic carbocycles. The molecule has 1 N–H and O–H groups in total. The second-order valence-corrected chi connectivity index (χ2v) is 7.85. The number of carbonyl (C=O) groups is 1. The molecular formula is C18H14IN3O. The molecule has 2 aromatic rings. The Balaban J connectivity index is 2.00. The Morgan fingerprint density at radius 3 is 3.04 bits per heavy atom. The Morgan fingerprint density at radius 2 is 2.22 bits per heavy atom. The maximum atomic E-state index is 13.1. The number of hydrogen-bond acceptors (Lipinski definition) is 3. The fourth-order valence-electron chi connectivity index (χ4n) is 4.64. The number of aromatic nitrogens is 1. The molecule has 0 saturated carbocycles. The first kappa shape index (κ1) is 13.8. The van der Waals surface area contributed by atoms with Crippen molar-refractivity contribution in [2.75, 3.05) is 6.54 Å². The van der Waals surface area contributed by atoms with Crippen LogP contribution in [0.5, 0.6) is 0 Å². The third-order valence-corrected chi connectivity index (χ3v) is 6.52. The van der Waals surface area contributed by atoms with Crippen LogP contribution in [0.3, 0.4) is 0 Å². The van der Waals surface area contributed by atoms with Crippen LogP contribution in [0.1, 0.15) is 22.5 Å². The van der Waals surface area contributed by atoms with Gasteiger partial charge < -0.3 is 5.32 Å². The summed E-state index contributed by atoms with van der Waals surface area (Å²) >= 11 is 2.30. The normalized spacial score (nSPS) is 31.5. The average Bonchev–Trinajstić information content (AvgIpc) is 2.78. The summed E-state index contributed by atoms with van der Waals surface area (Å²) in [5.74, 6) is -0.0864. The van der Waals surface area contributed by atoms with E-state index in [0.717, 1.165) is 33.1 Å². The number of allylic oxidation sites excluding steroid dienone is 1. The molecule has 0 fully saturated rings. The van der Waals surface area contributed by atoms with E-state index in [1.807, 2.05) is 22.8 Å². The molecule has 1 aromatic heterocycles. The van der Waals surface area contributed by atoms with Crippen LogP contribution in [-0.4, -0.2) is 23.1 Å². The van der Waals surface area contributed by atoms with Gasteiger partial charge in [-0.25, -0.2) is 0 Å². The number of nitrogens with zero attached hydrogens (tertiary/aromatic N) is 2. The summed E-state index contributed by atoms with van der Waals surface area (Å²) < 4.78 is 2.94. The van der Waals surface area contributed by atoms with E-state index in [-0.39, 0.29) is 17.9 Å². The van der Waals surface area contributed by atoms with Gasteiger partial charge in [0.25, 0.3) is 0 Å². The number of carbonyl (C=O) groups excluding carboxylic acids is 1. The van der Waals surface area contributed by atoms with Gasteiger partial charge in [-0.05, 0) is 53.6 Å². The Kier molecular flexibility index (Phi) is 2.67. The second-order valence-electron chi connectivity index (χ2n) is 6.60. The topological polar surface area (TPSA) is 57.8 Å². The highest BCUT2D eigenvalue weighted by atomic mass is 127. The Morgan fingerprint density at radius 1 is 1.39 bits per heavy atom. The molecule has 0 radical (unpaired) electrons. The van der Waals surface area contributed by atoms with E-state index < -0.39 is 5.41 Å². The van der Waals surface area contributed by atoms with Gasteiger partial charge in [0.15, 0.2) is 0 Å². The van der Waals surface area contributed by atoms with E-state index in [2.05, 4.69) is 46.1 Å². The first-order valence-electron chi connectivity index (χ1n) is 7.86.